The SMILES string of the molecule is CC(C)C[C@@H](C(=O)Nc1ccc([N+](=O)[O-])cc1)N(C(=O)CNC(=O)CN)C(=O)OCc1ccccc1. The van der Waals surface area contributed by atoms with Crippen LogP contribution in [-0.2, 0) is 25.7 Å². The largest absolute Gasteiger partial charge is 0.444 e. The maximum absolute atomic E-state index is 13.2. The molecule has 0 heterocycles. The lowest BCUT2D eigenvalue weighted by Gasteiger charge is -2.30. The summed E-state index contributed by atoms with van der Waals surface area (Å²) in [6, 6.07) is 12.6. The van der Waals surface area contributed by atoms with Crippen molar-refractivity contribution in [2.75, 3.05) is 18.4 Å². The van der Waals surface area contributed by atoms with Crippen LogP contribution in [0.25, 0.3) is 0 Å². The summed E-state index contributed by atoms with van der Waals surface area (Å²) in [5.74, 6) is -2.29. The highest BCUT2D eigenvalue weighted by molar-refractivity contribution is 6.03. The molecule has 0 aromatic heterocycles. The second-order valence-corrected chi connectivity index (χ2v) is 8.22. The molecule has 0 bridgehead atoms. The van der Waals surface area contributed by atoms with Crippen LogP contribution in [0.3, 0.4) is 0 Å². The second-order valence-electron chi connectivity index (χ2n) is 8.22. The highest BCUT2D eigenvalue weighted by Gasteiger charge is 2.36. The number of carbonyl (C=O) groups excluding carboxylic acids is 4. The van der Waals surface area contributed by atoms with Crippen molar-refractivity contribution in [1.29, 1.82) is 0 Å². The predicted octanol–water partition coefficient (Wildman–Crippen LogP) is 2.19. The van der Waals surface area contributed by atoms with Crippen LogP contribution in [-0.4, -0.2) is 52.8 Å². The number of non-ortho nitro benzene ring substituents is 1. The number of nitro benzene ring substituents is 1. The number of ether oxygens (including phenoxy) is 1. The first-order valence-corrected chi connectivity index (χ1v) is 11.2. The topological polar surface area (TPSA) is 174 Å². The van der Waals surface area contributed by atoms with E-state index in [0.29, 0.717) is 10.5 Å². The number of imide groups is 1. The number of hydrogen-bond donors (Lipinski definition) is 3. The summed E-state index contributed by atoms with van der Waals surface area (Å²) < 4.78 is 5.32. The van der Waals surface area contributed by atoms with Gasteiger partial charge in [-0.2, -0.15) is 0 Å². The molecule has 192 valence electrons. The molecule has 0 unspecified atom stereocenters. The quantitative estimate of drug-likeness (QED) is 0.311. The first-order chi connectivity index (χ1) is 17.1. The van der Waals surface area contributed by atoms with Gasteiger partial charge in [0.15, 0.2) is 0 Å². The molecular weight excluding hydrogens is 470 g/mol. The molecule has 0 aliphatic heterocycles. The predicted molar refractivity (Wildman–Crippen MR) is 131 cm³/mol. The van der Waals surface area contributed by atoms with E-state index in [-0.39, 0.29) is 36.9 Å². The summed E-state index contributed by atoms with van der Waals surface area (Å²) in [7, 11) is 0. The Bertz CT molecular complexity index is 1070. The Morgan fingerprint density at radius 2 is 1.69 bits per heavy atom. The number of amides is 4. The van der Waals surface area contributed by atoms with Crippen LogP contribution in [0.5, 0.6) is 0 Å². The molecule has 2 aromatic carbocycles. The first kappa shape index (κ1) is 27.9. The fraction of sp³-hybridized carbons (Fsp3) is 0.333. The fourth-order valence-electron chi connectivity index (χ4n) is 3.19. The van der Waals surface area contributed by atoms with Crippen LogP contribution < -0.4 is 16.4 Å². The van der Waals surface area contributed by atoms with Crippen LogP contribution in [0.4, 0.5) is 16.2 Å². The number of carbonyl (C=O) groups is 4. The van der Waals surface area contributed by atoms with E-state index in [1.54, 1.807) is 44.2 Å². The van der Waals surface area contributed by atoms with Gasteiger partial charge in [-0.05, 0) is 30.0 Å². The third-order valence-corrected chi connectivity index (χ3v) is 4.95. The first-order valence-electron chi connectivity index (χ1n) is 11.2. The third-order valence-electron chi connectivity index (χ3n) is 4.95. The smallest absolute Gasteiger partial charge is 0.417 e. The highest BCUT2D eigenvalue weighted by atomic mass is 16.6. The zero-order chi connectivity index (χ0) is 26.7. The Morgan fingerprint density at radius 1 is 1.06 bits per heavy atom. The van der Waals surface area contributed by atoms with Crippen molar-refractivity contribution in [1.82, 2.24) is 10.2 Å². The van der Waals surface area contributed by atoms with Gasteiger partial charge < -0.3 is 21.1 Å². The lowest BCUT2D eigenvalue weighted by Crippen LogP contribution is -2.54. The molecule has 0 saturated carbocycles. The third kappa shape index (κ3) is 8.47. The average Bonchev–Trinajstić information content (AvgIpc) is 2.86. The Labute approximate surface area is 207 Å². The highest BCUT2D eigenvalue weighted by Crippen LogP contribution is 2.19. The van der Waals surface area contributed by atoms with E-state index in [1.807, 2.05) is 0 Å². The standard InChI is InChI=1S/C24H29N5O7/c1-16(2)12-20(23(32)27-18-8-10-19(11-9-18)29(34)35)28(22(31)14-26-21(30)13-25)24(33)36-15-17-6-4-3-5-7-17/h3-11,16,20H,12-15,25H2,1-2H3,(H,26,30)(H,27,32)/t20-/m0/s1. The van der Waals surface area contributed by atoms with Crippen molar-refractivity contribution in [2.45, 2.75) is 32.9 Å². The van der Waals surface area contributed by atoms with Crippen molar-refractivity contribution in [2.24, 2.45) is 11.7 Å². The molecule has 36 heavy (non-hydrogen) atoms. The summed E-state index contributed by atoms with van der Waals surface area (Å²) in [6.45, 7) is 2.54. The number of benzene rings is 2. The van der Waals surface area contributed by atoms with Crippen LogP contribution in [0.2, 0.25) is 0 Å². The van der Waals surface area contributed by atoms with E-state index < -0.39 is 41.3 Å². The van der Waals surface area contributed by atoms with Gasteiger partial charge in [-0.15, -0.1) is 0 Å². The van der Waals surface area contributed by atoms with Crippen molar-refractivity contribution >= 4 is 35.2 Å². The lowest BCUT2D eigenvalue weighted by atomic mass is 10.0. The molecule has 12 heteroatoms. The fourth-order valence-corrected chi connectivity index (χ4v) is 3.19. The van der Waals surface area contributed by atoms with E-state index in [0.717, 1.165) is 0 Å². The van der Waals surface area contributed by atoms with Gasteiger partial charge >= 0.3 is 6.09 Å². The number of anilines is 1. The minimum atomic E-state index is -1.29. The number of rotatable bonds is 11. The van der Waals surface area contributed by atoms with Crippen molar-refractivity contribution in [3.63, 3.8) is 0 Å². The molecule has 4 amide bonds. The molecule has 4 N–H and O–H groups in total. The molecular formula is C24H29N5O7. The molecule has 2 aromatic rings. The summed E-state index contributed by atoms with van der Waals surface area (Å²) in [6.07, 6.45) is -0.967. The van der Waals surface area contributed by atoms with Crippen LogP contribution in [0, 0.1) is 16.0 Å². The van der Waals surface area contributed by atoms with E-state index in [1.165, 1.54) is 24.3 Å². The molecule has 2 rings (SSSR count). The van der Waals surface area contributed by atoms with Gasteiger partial charge in [0.05, 0.1) is 18.0 Å². The molecule has 0 spiro atoms. The average molecular weight is 500 g/mol. The van der Waals surface area contributed by atoms with Crippen molar-refractivity contribution in [3.05, 3.63) is 70.3 Å². The van der Waals surface area contributed by atoms with E-state index in [4.69, 9.17) is 10.5 Å². The molecule has 0 aliphatic rings. The van der Waals surface area contributed by atoms with Gasteiger partial charge in [0.25, 0.3) is 11.6 Å². The minimum absolute atomic E-state index is 0.0931. The Kier molecular flexibility index (Phi) is 10.5. The molecule has 0 fully saturated rings. The van der Waals surface area contributed by atoms with E-state index >= 15 is 0 Å². The molecule has 0 aliphatic carbocycles. The normalized spacial score (nSPS) is 11.3. The second kappa shape index (κ2) is 13.5. The summed E-state index contributed by atoms with van der Waals surface area (Å²) in [5, 5.41) is 15.8. The van der Waals surface area contributed by atoms with Gasteiger partial charge in [-0.3, -0.25) is 24.5 Å². The Hall–Kier alpha value is -4.32. The van der Waals surface area contributed by atoms with Gasteiger partial charge in [-0.1, -0.05) is 44.2 Å². The van der Waals surface area contributed by atoms with Crippen molar-refractivity contribution in [3.8, 4) is 0 Å². The van der Waals surface area contributed by atoms with Crippen LogP contribution in [0.15, 0.2) is 54.6 Å². The number of nitrogens with two attached hydrogens (primary N) is 1. The van der Waals surface area contributed by atoms with E-state index in [9.17, 15) is 29.3 Å². The Morgan fingerprint density at radius 3 is 2.25 bits per heavy atom. The Balaban J connectivity index is 2.30. The molecule has 12 nitrogen and oxygen atoms in total. The maximum Gasteiger partial charge on any atom is 0.417 e. The zero-order valence-electron chi connectivity index (χ0n) is 20.0. The number of hydrogen-bond acceptors (Lipinski definition) is 8. The van der Waals surface area contributed by atoms with Crippen molar-refractivity contribution < 1.29 is 28.8 Å². The summed E-state index contributed by atoms with van der Waals surface area (Å²) >= 11 is 0. The van der Waals surface area contributed by atoms with Gasteiger partial charge in [0.1, 0.15) is 12.6 Å². The number of nitrogens with one attached hydrogen (secondary N) is 2. The van der Waals surface area contributed by atoms with Crippen LogP contribution >= 0.6 is 0 Å². The molecule has 0 radical (unpaired) electrons. The van der Waals surface area contributed by atoms with E-state index in [2.05, 4.69) is 10.6 Å². The zero-order valence-corrected chi connectivity index (χ0v) is 20.0. The molecule has 1 atom stereocenters. The lowest BCUT2D eigenvalue weighted by molar-refractivity contribution is -0.384. The minimum Gasteiger partial charge on any atom is -0.444 e. The van der Waals surface area contributed by atoms with Gasteiger partial charge in [-0.25, -0.2) is 9.69 Å². The van der Waals surface area contributed by atoms with Crippen LogP contribution in [0.1, 0.15) is 25.8 Å². The van der Waals surface area contributed by atoms with Gasteiger partial charge in [0, 0.05) is 17.8 Å². The number of nitro groups is 1. The maximum atomic E-state index is 13.2. The summed E-state index contributed by atoms with van der Waals surface area (Å²) in [5.41, 5.74) is 6.01. The summed E-state index contributed by atoms with van der Waals surface area (Å²) in [4.78, 5) is 61.9. The molecule has 0 saturated heterocycles. The monoisotopic (exact) mass is 499 g/mol. The van der Waals surface area contributed by atoms with Gasteiger partial charge in [0.2, 0.25) is 11.8 Å². The number of nitrogens with zero attached hydrogens (tertiary/aromatic N) is 2.